The van der Waals surface area contributed by atoms with Crippen molar-refractivity contribution in [3.8, 4) is 5.75 Å². The Kier molecular flexibility index (Phi) is 3.92. The monoisotopic (exact) mass is 205 g/mol. The van der Waals surface area contributed by atoms with E-state index in [1.165, 1.54) is 0 Å². The fourth-order valence-corrected chi connectivity index (χ4v) is 1.56. The molecule has 0 saturated heterocycles. The number of aryl methyl sites for hydroxylation is 1. The summed E-state index contributed by atoms with van der Waals surface area (Å²) < 4.78 is 0. The van der Waals surface area contributed by atoms with E-state index >= 15 is 0 Å². The highest BCUT2D eigenvalue weighted by Gasteiger charge is 2.08. The van der Waals surface area contributed by atoms with Crippen LogP contribution in [0.15, 0.2) is 18.2 Å². The van der Waals surface area contributed by atoms with Gasteiger partial charge in [-0.05, 0) is 41.7 Å². The van der Waals surface area contributed by atoms with Crippen LogP contribution >= 0.6 is 0 Å². The lowest BCUT2D eigenvalue weighted by Gasteiger charge is -2.11. The van der Waals surface area contributed by atoms with Crippen LogP contribution in [-0.4, -0.2) is 11.7 Å². The maximum absolute atomic E-state index is 9.76. The lowest BCUT2D eigenvalue weighted by atomic mass is 9.96. The molecular formula is C13H19NO. The van der Waals surface area contributed by atoms with E-state index in [2.05, 4.69) is 13.8 Å². The lowest BCUT2D eigenvalue weighted by Crippen LogP contribution is -1.94. The number of hydrogen-bond donors (Lipinski definition) is 2. The normalized spacial score (nSPS) is 11.5. The largest absolute Gasteiger partial charge is 0.508 e. The van der Waals surface area contributed by atoms with Gasteiger partial charge in [0.2, 0.25) is 0 Å². The smallest absolute Gasteiger partial charge is 0.119 e. The maximum Gasteiger partial charge on any atom is 0.119 e. The topological polar surface area (TPSA) is 46.2 Å². The molecule has 0 radical (unpaired) electrons. The van der Waals surface area contributed by atoms with Crippen LogP contribution in [0.4, 0.5) is 0 Å². The second-order valence-corrected chi connectivity index (χ2v) is 4.06. The van der Waals surface area contributed by atoms with Crippen LogP contribution in [0.3, 0.4) is 0 Å². The third-order valence-electron chi connectivity index (χ3n) is 2.47. The molecule has 0 aliphatic rings. The molecule has 0 aliphatic carbocycles. The Bertz CT molecular complexity index is 367. The zero-order valence-electron chi connectivity index (χ0n) is 9.62. The van der Waals surface area contributed by atoms with Crippen molar-refractivity contribution in [2.45, 2.75) is 26.7 Å². The van der Waals surface area contributed by atoms with Crippen molar-refractivity contribution in [1.29, 1.82) is 0 Å². The fourth-order valence-electron chi connectivity index (χ4n) is 1.56. The van der Waals surface area contributed by atoms with Gasteiger partial charge < -0.3 is 10.8 Å². The van der Waals surface area contributed by atoms with Crippen molar-refractivity contribution in [2.75, 3.05) is 6.54 Å². The van der Waals surface area contributed by atoms with Crippen molar-refractivity contribution >= 4 is 6.08 Å². The number of benzene rings is 1. The van der Waals surface area contributed by atoms with E-state index in [0.717, 1.165) is 16.7 Å². The number of phenolic OH excluding ortho intramolecular Hbond substituents is 1. The van der Waals surface area contributed by atoms with Gasteiger partial charge in [-0.3, -0.25) is 0 Å². The summed E-state index contributed by atoms with van der Waals surface area (Å²) in [6.07, 6.45) is 3.92. The van der Waals surface area contributed by atoms with Gasteiger partial charge >= 0.3 is 0 Å². The molecule has 0 bridgehead atoms. The molecule has 3 N–H and O–H groups in total. The molecule has 1 aromatic rings. The van der Waals surface area contributed by atoms with E-state index in [-0.39, 0.29) is 0 Å². The Morgan fingerprint density at radius 1 is 1.40 bits per heavy atom. The van der Waals surface area contributed by atoms with Crippen LogP contribution in [0.2, 0.25) is 0 Å². The average molecular weight is 205 g/mol. The van der Waals surface area contributed by atoms with Crippen molar-refractivity contribution < 1.29 is 5.11 Å². The molecular weight excluding hydrogens is 186 g/mol. The highest BCUT2D eigenvalue weighted by Crippen LogP contribution is 2.29. The zero-order chi connectivity index (χ0) is 11.4. The first-order valence-corrected chi connectivity index (χ1v) is 5.26. The van der Waals surface area contributed by atoms with Gasteiger partial charge in [-0.15, -0.1) is 0 Å². The first-order valence-electron chi connectivity index (χ1n) is 5.26. The number of phenols is 1. The Morgan fingerprint density at radius 2 is 2.07 bits per heavy atom. The molecule has 0 heterocycles. The van der Waals surface area contributed by atoms with Crippen molar-refractivity contribution in [2.24, 2.45) is 5.73 Å². The van der Waals surface area contributed by atoms with E-state index < -0.39 is 0 Å². The second-order valence-electron chi connectivity index (χ2n) is 4.06. The molecule has 82 valence electrons. The molecule has 0 aromatic heterocycles. The summed E-state index contributed by atoms with van der Waals surface area (Å²) in [6.45, 7) is 6.67. The van der Waals surface area contributed by atoms with Gasteiger partial charge in [0.05, 0.1) is 0 Å². The minimum Gasteiger partial charge on any atom is -0.508 e. The highest BCUT2D eigenvalue weighted by molar-refractivity contribution is 5.58. The molecule has 0 atom stereocenters. The molecule has 0 aliphatic heterocycles. The minimum atomic E-state index is 0.329. The maximum atomic E-state index is 9.76. The van der Waals surface area contributed by atoms with Gasteiger partial charge in [0.1, 0.15) is 5.75 Å². The van der Waals surface area contributed by atoms with E-state index in [4.69, 9.17) is 5.73 Å². The zero-order valence-corrected chi connectivity index (χ0v) is 9.62. The predicted octanol–water partition coefficient (Wildman–Crippen LogP) is 2.80. The Balaban J connectivity index is 3.17. The minimum absolute atomic E-state index is 0.329. The quantitative estimate of drug-likeness (QED) is 0.797. The standard InChI is InChI=1S/C13H19NO/c1-9(2)12-8-11(5-4-6-14)10(3)7-13(12)15/h4-5,7-9,15H,6,14H2,1-3H3/b5-4+. The summed E-state index contributed by atoms with van der Waals surface area (Å²) in [4.78, 5) is 0. The molecule has 2 nitrogen and oxygen atoms in total. The summed E-state index contributed by atoms with van der Waals surface area (Å²) >= 11 is 0. The lowest BCUT2D eigenvalue weighted by molar-refractivity contribution is 0.464. The molecule has 2 heteroatoms. The third kappa shape index (κ3) is 2.83. The number of hydrogen-bond acceptors (Lipinski definition) is 2. The SMILES string of the molecule is Cc1cc(O)c(C(C)C)cc1/C=C/CN. The highest BCUT2D eigenvalue weighted by atomic mass is 16.3. The van der Waals surface area contributed by atoms with Gasteiger partial charge in [-0.25, -0.2) is 0 Å². The summed E-state index contributed by atoms with van der Waals surface area (Å²) in [6, 6.07) is 3.84. The second kappa shape index (κ2) is 4.99. The molecule has 0 saturated carbocycles. The van der Waals surface area contributed by atoms with Crippen LogP contribution in [0.5, 0.6) is 5.75 Å². The van der Waals surface area contributed by atoms with E-state index in [1.807, 2.05) is 31.2 Å². The van der Waals surface area contributed by atoms with Gasteiger partial charge in [0.15, 0.2) is 0 Å². The van der Waals surface area contributed by atoms with Crippen LogP contribution < -0.4 is 5.73 Å². The fraction of sp³-hybridized carbons (Fsp3) is 0.385. The van der Waals surface area contributed by atoms with Crippen molar-refractivity contribution in [1.82, 2.24) is 0 Å². The van der Waals surface area contributed by atoms with E-state index in [1.54, 1.807) is 0 Å². The van der Waals surface area contributed by atoms with Crippen molar-refractivity contribution in [3.05, 3.63) is 34.9 Å². The summed E-state index contributed by atoms with van der Waals surface area (Å²) in [5, 5.41) is 9.76. The molecule has 0 amide bonds. The molecule has 15 heavy (non-hydrogen) atoms. The third-order valence-corrected chi connectivity index (χ3v) is 2.47. The summed E-state index contributed by atoms with van der Waals surface area (Å²) in [7, 11) is 0. The average Bonchev–Trinajstić information content (AvgIpc) is 2.16. The van der Waals surface area contributed by atoms with Crippen LogP contribution in [0, 0.1) is 6.92 Å². The molecule has 0 unspecified atom stereocenters. The molecule has 1 aromatic carbocycles. The van der Waals surface area contributed by atoms with Gasteiger partial charge in [0.25, 0.3) is 0 Å². The number of nitrogens with two attached hydrogens (primary N) is 1. The van der Waals surface area contributed by atoms with Gasteiger partial charge in [-0.1, -0.05) is 26.0 Å². The van der Waals surface area contributed by atoms with E-state index in [0.29, 0.717) is 18.2 Å². The van der Waals surface area contributed by atoms with Gasteiger partial charge in [0, 0.05) is 6.54 Å². The van der Waals surface area contributed by atoms with Crippen LogP contribution in [-0.2, 0) is 0 Å². The van der Waals surface area contributed by atoms with Crippen LogP contribution in [0.1, 0.15) is 36.5 Å². The Hall–Kier alpha value is -1.28. The molecule has 1 rings (SSSR count). The Labute approximate surface area is 91.4 Å². The Morgan fingerprint density at radius 3 is 2.60 bits per heavy atom. The molecule has 0 spiro atoms. The predicted molar refractivity (Wildman–Crippen MR) is 65.0 cm³/mol. The first-order chi connectivity index (χ1) is 7.06. The first kappa shape index (κ1) is 11.8. The van der Waals surface area contributed by atoms with E-state index in [9.17, 15) is 5.11 Å². The summed E-state index contributed by atoms with van der Waals surface area (Å²) in [5.74, 6) is 0.711. The van der Waals surface area contributed by atoms with Gasteiger partial charge in [-0.2, -0.15) is 0 Å². The van der Waals surface area contributed by atoms with Crippen molar-refractivity contribution in [3.63, 3.8) is 0 Å². The van der Waals surface area contributed by atoms with Crippen LogP contribution in [0.25, 0.3) is 6.08 Å². The summed E-state index contributed by atoms with van der Waals surface area (Å²) in [5.41, 5.74) is 8.60. The number of aromatic hydroxyl groups is 1. The molecule has 0 fully saturated rings. The number of rotatable bonds is 3.